The van der Waals surface area contributed by atoms with Crippen molar-refractivity contribution in [2.75, 3.05) is 5.33 Å². The lowest BCUT2D eigenvalue weighted by Gasteiger charge is -2.15. The molecule has 0 spiro atoms. The SMILES string of the molecule is Clc1cc(Br)ccc1CC(CBr)Cc1cccc(Br)c1. The van der Waals surface area contributed by atoms with E-state index in [1.807, 2.05) is 12.1 Å². The van der Waals surface area contributed by atoms with Gasteiger partial charge in [0.2, 0.25) is 0 Å². The van der Waals surface area contributed by atoms with E-state index in [1.54, 1.807) is 0 Å². The van der Waals surface area contributed by atoms with Crippen LogP contribution in [-0.2, 0) is 12.8 Å². The maximum Gasteiger partial charge on any atom is 0.0449 e. The fourth-order valence-electron chi connectivity index (χ4n) is 2.18. The van der Waals surface area contributed by atoms with Crippen LogP contribution in [0.4, 0.5) is 0 Å². The zero-order valence-electron chi connectivity index (χ0n) is 10.8. The van der Waals surface area contributed by atoms with Gasteiger partial charge in [0.15, 0.2) is 0 Å². The Labute approximate surface area is 150 Å². The molecule has 0 heterocycles. The minimum absolute atomic E-state index is 0.531. The highest BCUT2D eigenvalue weighted by Crippen LogP contribution is 2.26. The molecule has 4 heteroatoms. The zero-order chi connectivity index (χ0) is 14.5. The summed E-state index contributed by atoms with van der Waals surface area (Å²) in [5.74, 6) is 0.531. The maximum absolute atomic E-state index is 6.31. The van der Waals surface area contributed by atoms with Crippen molar-refractivity contribution in [1.29, 1.82) is 0 Å². The molecule has 2 aromatic carbocycles. The molecule has 106 valence electrons. The van der Waals surface area contributed by atoms with E-state index in [0.29, 0.717) is 5.92 Å². The van der Waals surface area contributed by atoms with Gasteiger partial charge in [-0.15, -0.1) is 0 Å². The van der Waals surface area contributed by atoms with Gasteiger partial charge in [-0.05, 0) is 54.2 Å². The van der Waals surface area contributed by atoms with Crippen LogP contribution < -0.4 is 0 Å². The molecule has 0 aromatic heterocycles. The highest BCUT2D eigenvalue weighted by atomic mass is 79.9. The first-order valence-electron chi connectivity index (χ1n) is 6.33. The zero-order valence-corrected chi connectivity index (χ0v) is 16.3. The first-order valence-corrected chi connectivity index (χ1v) is 9.41. The Bertz CT molecular complexity index is 584. The van der Waals surface area contributed by atoms with Crippen LogP contribution in [0.25, 0.3) is 0 Å². The fraction of sp³-hybridized carbons (Fsp3) is 0.250. The van der Waals surface area contributed by atoms with Crippen LogP contribution in [0.15, 0.2) is 51.4 Å². The van der Waals surface area contributed by atoms with Crippen LogP contribution in [-0.4, -0.2) is 5.33 Å². The van der Waals surface area contributed by atoms with Crippen LogP contribution in [0, 0.1) is 5.92 Å². The molecular formula is C16H14Br3Cl. The number of benzene rings is 2. The second-order valence-corrected chi connectivity index (χ2v) is 7.68. The molecule has 0 saturated carbocycles. The lowest BCUT2D eigenvalue weighted by Crippen LogP contribution is -2.10. The molecule has 0 aliphatic rings. The van der Waals surface area contributed by atoms with Gasteiger partial charge in [0.05, 0.1) is 0 Å². The van der Waals surface area contributed by atoms with Crippen LogP contribution in [0.1, 0.15) is 11.1 Å². The lowest BCUT2D eigenvalue weighted by molar-refractivity contribution is 0.591. The topological polar surface area (TPSA) is 0 Å². The summed E-state index contributed by atoms with van der Waals surface area (Å²) in [7, 11) is 0. The average molecular weight is 481 g/mol. The van der Waals surface area contributed by atoms with E-state index in [9.17, 15) is 0 Å². The van der Waals surface area contributed by atoms with Crippen LogP contribution in [0.5, 0.6) is 0 Å². The van der Waals surface area contributed by atoms with E-state index in [2.05, 4.69) is 78.1 Å². The monoisotopic (exact) mass is 478 g/mol. The first kappa shape index (κ1) is 16.5. The van der Waals surface area contributed by atoms with Gasteiger partial charge >= 0.3 is 0 Å². The van der Waals surface area contributed by atoms with Crippen LogP contribution in [0.2, 0.25) is 5.02 Å². The van der Waals surface area contributed by atoms with Gasteiger partial charge in [0, 0.05) is 19.3 Å². The Balaban J connectivity index is 2.09. The predicted octanol–water partition coefficient (Wildman–Crippen LogP) is 6.66. The molecule has 0 N–H and O–H groups in total. The quantitative estimate of drug-likeness (QED) is 0.419. The van der Waals surface area contributed by atoms with E-state index in [0.717, 1.165) is 32.1 Å². The van der Waals surface area contributed by atoms with Crippen molar-refractivity contribution in [3.63, 3.8) is 0 Å². The summed E-state index contributed by atoms with van der Waals surface area (Å²) in [6.45, 7) is 0. The molecule has 2 rings (SSSR count). The largest absolute Gasteiger partial charge is 0.0925 e. The minimum Gasteiger partial charge on any atom is -0.0925 e. The van der Waals surface area contributed by atoms with E-state index >= 15 is 0 Å². The molecule has 0 fully saturated rings. The Morgan fingerprint density at radius 3 is 2.35 bits per heavy atom. The van der Waals surface area contributed by atoms with Gasteiger partial charge in [0.25, 0.3) is 0 Å². The predicted molar refractivity (Wildman–Crippen MR) is 98.0 cm³/mol. The highest BCUT2D eigenvalue weighted by molar-refractivity contribution is 9.10. The number of hydrogen-bond acceptors (Lipinski definition) is 0. The van der Waals surface area contributed by atoms with Gasteiger partial charge in [-0.1, -0.05) is 77.6 Å². The molecular weight excluding hydrogens is 467 g/mol. The van der Waals surface area contributed by atoms with Crippen LogP contribution >= 0.6 is 59.4 Å². The third kappa shape index (κ3) is 4.87. The van der Waals surface area contributed by atoms with E-state index in [1.165, 1.54) is 11.1 Å². The Morgan fingerprint density at radius 2 is 1.70 bits per heavy atom. The summed E-state index contributed by atoms with van der Waals surface area (Å²) in [4.78, 5) is 0. The van der Waals surface area contributed by atoms with E-state index < -0.39 is 0 Å². The minimum atomic E-state index is 0.531. The van der Waals surface area contributed by atoms with E-state index in [-0.39, 0.29) is 0 Å². The standard InChI is InChI=1S/C16H14Br3Cl/c17-10-12(6-11-2-1-3-14(18)8-11)7-13-4-5-15(19)9-16(13)20/h1-5,8-9,12H,6-7,10H2. The van der Waals surface area contributed by atoms with Crippen molar-refractivity contribution in [1.82, 2.24) is 0 Å². The molecule has 0 amide bonds. The number of alkyl halides is 1. The number of hydrogen-bond donors (Lipinski definition) is 0. The number of halogens is 4. The summed E-state index contributed by atoms with van der Waals surface area (Å²) in [5.41, 5.74) is 2.55. The van der Waals surface area contributed by atoms with Crippen molar-refractivity contribution in [3.05, 3.63) is 67.6 Å². The number of rotatable bonds is 5. The molecule has 20 heavy (non-hydrogen) atoms. The molecule has 0 aliphatic carbocycles. The molecule has 0 nitrogen and oxygen atoms in total. The van der Waals surface area contributed by atoms with Crippen LogP contribution in [0.3, 0.4) is 0 Å². The lowest BCUT2D eigenvalue weighted by atomic mass is 9.94. The molecule has 0 radical (unpaired) electrons. The smallest absolute Gasteiger partial charge is 0.0449 e. The Morgan fingerprint density at radius 1 is 0.950 bits per heavy atom. The summed E-state index contributed by atoms with van der Waals surface area (Å²) < 4.78 is 2.15. The second kappa shape index (κ2) is 7.98. The van der Waals surface area contributed by atoms with Gasteiger partial charge in [-0.2, -0.15) is 0 Å². The van der Waals surface area contributed by atoms with Gasteiger partial charge in [-0.25, -0.2) is 0 Å². The molecule has 2 aromatic rings. The summed E-state index contributed by atoms with van der Waals surface area (Å²) in [5, 5.41) is 1.80. The van der Waals surface area contributed by atoms with Crippen molar-refractivity contribution < 1.29 is 0 Å². The molecule has 1 unspecified atom stereocenters. The fourth-order valence-corrected chi connectivity index (χ4v) is 3.83. The summed E-state index contributed by atoms with van der Waals surface area (Å²) in [6, 6.07) is 14.6. The molecule has 0 aliphatic heterocycles. The van der Waals surface area contributed by atoms with Crippen molar-refractivity contribution >= 4 is 59.4 Å². The second-order valence-electron chi connectivity index (χ2n) is 4.79. The highest BCUT2D eigenvalue weighted by Gasteiger charge is 2.12. The molecule has 1 atom stereocenters. The average Bonchev–Trinajstić information content (AvgIpc) is 2.41. The maximum atomic E-state index is 6.31. The molecule has 0 bridgehead atoms. The normalized spacial score (nSPS) is 12.4. The summed E-state index contributed by atoms with van der Waals surface area (Å²) in [6.07, 6.45) is 2.01. The third-order valence-corrected chi connectivity index (χ3v) is 5.41. The van der Waals surface area contributed by atoms with Crippen molar-refractivity contribution in [2.45, 2.75) is 12.8 Å². The van der Waals surface area contributed by atoms with Gasteiger partial charge < -0.3 is 0 Å². The first-order chi connectivity index (χ1) is 9.58. The Hall–Kier alpha value is 0.170. The van der Waals surface area contributed by atoms with Gasteiger partial charge in [0.1, 0.15) is 0 Å². The summed E-state index contributed by atoms with van der Waals surface area (Å²) >= 11 is 16.9. The van der Waals surface area contributed by atoms with Crippen molar-refractivity contribution in [3.8, 4) is 0 Å². The molecule has 0 saturated heterocycles. The van der Waals surface area contributed by atoms with E-state index in [4.69, 9.17) is 11.6 Å². The Kier molecular flexibility index (Phi) is 6.60. The van der Waals surface area contributed by atoms with Gasteiger partial charge in [-0.3, -0.25) is 0 Å². The van der Waals surface area contributed by atoms with Crippen molar-refractivity contribution in [2.24, 2.45) is 5.92 Å². The third-order valence-electron chi connectivity index (χ3n) is 3.16.